The van der Waals surface area contributed by atoms with Crippen molar-refractivity contribution >= 4 is 5.95 Å². The van der Waals surface area contributed by atoms with Gasteiger partial charge in [-0.15, -0.1) is 0 Å². The number of rotatable bonds is 2. The second kappa shape index (κ2) is 5.36. The van der Waals surface area contributed by atoms with E-state index >= 15 is 0 Å². The molecule has 1 aromatic carbocycles. The molecule has 2 heterocycles. The van der Waals surface area contributed by atoms with E-state index < -0.39 is 0 Å². The fourth-order valence-electron chi connectivity index (χ4n) is 2.38. The monoisotopic (exact) mass is 254 g/mol. The summed E-state index contributed by atoms with van der Waals surface area (Å²) in [6.45, 7) is 5.11. The van der Waals surface area contributed by atoms with Gasteiger partial charge < -0.3 is 10.2 Å². The van der Waals surface area contributed by atoms with Gasteiger partial charge in [0.2, 0.25) is 5.95 Å². The molecule has 19 heavy (non-hydrogen) atoms. The Morgan fingerprint density at radius 2 is 1.84 bits per heavy atom. The molecule has 0 spiro atoms. The normalized spacial score (nSPS) is 19.4. The van der Waals surface area contributed by atoms with Crippen LogP contribution in [-0.2, 0) is 0 Å². The van der Waals surface area contributed by atoms with E-state index in [-0.39, 0.29) is 0 Å². The zero-order chi connectivity index (χ0) is 13.1. The van der Waals surface area contributed by atoms with Crippen molar-refractivity contribution in [3.05, 3.63) is 42.7 Å². The minimum absolute atomic E-state index is 0.492. The number of nitrogens with one attached hydrogen (secondary N) is 1. The van der Waals surface area contributed by atoms with Gasteiger partial charge in [-0.1, -0.05) is 30.3 Å². The molecule has 0 bridgehead atoms. The van der Waals surface area contributed by atoms with Crippen molar-refractivity contribution in [3.63, 3.8) is 0 Å². The van der Waals surface area contributed by atoms with Gasteiger partial charge in [0.15, 0.2) is 0 Å². The predicted molar refractivity (Wildman–Crippen MR) is 77.1 cm³/mol. The van der Waals surface area contributed by atoms with Crippen molar-refractivity contribution in [3.8, 4) is 11.1 Å². The predicted octanol–water partition coefficient (Wildman–Crippen LogP) is 1.94. The molecule has 0 amide bonds. The Labute approximate surface area is 113 Å². The lowest BCUT2D eigenvalue weighted by Gasteiger charge is -2.31. The van der Waals surface area contributed by atoms with Gasteiger partial charge in [0, 0.05) is 43.6 Å². The third kappa shape index (κ3) is 2.74. The van der Waals surface area contributed by atoms with Gasteiger partial charge in [-0.2, -0.15) is 0 Å². The molecule has 1 atom stereocenters. The molecular formula is C15H18N4. The van der Waals surface area contributed by atoms with E-state index in [1.807, 2.05) is 30.6 Å². The first-order chi connectivity index (χ1) is 9.33. The van der Waals surface area contributed by atoms with Crippen LogP contribution in [0.5, 0.6) is 0 Å². The summed E-state index contributed by atoms with van der Waals surface area (Å²) in [5, 5.41) is 3.42. The highest BCUT2D eigenvalue weighted by molar-refractivity contribution is 5.61. The lowest BCUT2D eigenvalue weighted by molar-refractivity contribution is 0.479. The molecule has 2 aromatic rings. The van der Waals surface area contributed by atoms with Crippen LogP contribution in [0, 0.1) is 0 Å². The average Bonchev–Trinajstić information content (AvgIpc) is 2.48. The summed E-state index contributed by atoms with van der Waals surface area (Å²) < 4.78 is 0. The SMILES string of the molecule is CC1CN(c2ncc(-c3ccccc3)cn2)CCN1. The van der Waals surface area contributed by atoms with Crippen LogP contribution in [0.4, 0.5) is 5.95 Å². The Kier molecular flexibility index (Phi) is 3.42. The number of hydrogen-bond donors (Lipinski definition) is 1. The van der Waals surface area contributed by atoms with E-state index in [0.717, 1.165) is 36.7 Å². The summed E-state index contributed by atoms with van der Waals surface area (Å²) in [5.74, 6) is 0.827. The molecule has 4 heteroatoms. The summed E-state index contributed by atoms with van der Waals surface area (Å²) in [5.41, 5.74) is 2.22. The molecule has 1 fully saturated rings. The van der Waals surface area contributed by atoms with E-state index in [9.17, 15) is 0 Å². The molecule has 1 N–H and O–H groups in total. The van der Waals surface area contributed by atoms with Gasteiger partial charge in [-0.05, 0) is 12.5 Å². The van der Waals surface area contributed by atoms with Crippen LogP contribution in [0.15, 0.2) is 42.7 Å². The quantitative estimate of drug-likeness (QED) is 0.889. The third-order valence-electron chi connectivity index (χ3n) is 3.40. The Morgan fingerprint density at radius 3 is 2.53 bits per heavy atom. The molecular weight excluding hydrogens is 236 g/mol. The fourth-order valence-corrected chi connectivity index (χ4v) is 2.38. The van der Waals surface area contributed by atoms with Crippen LogP contribution < -0.4 is 10.2 Å². The van der Waals surface area contributed by atoms with Crippen molar-refractivity contribution in [1.29, 1.82) is 0 Å². The number of nitrogens with zero attached hydrogens (tertiary/aromatic N) is 3. The highest BCUT2D eigenvalue weighted by Crippen LogP contribution is 2.18. The second-order valence-corrected chi connectivity index (χ2v) is 4.94. The largest absolute Gasteiger partial charge is 0.338 e. The van der Waals surface area contributed by atoms with Crippen molar-refractivity contribution in [2.24, 2.45) is 0 Å². The van der Waals surface area contributed by atoms with Crippen LogP contribution in [0.25, 0.3) is 11.1 Å². The average molecular weight is 254 g/mol. The van der Waals surface area contributed by atoms with E-state index in [0.29, 0.717) is 6.04 Å². The van der Waals surface area contributed by atoms with E-state index in [1.165, 1.54) is 0 Å². The first kappa shape index (κ1) is 12.1. The molecule has 1 aliphatic heterocycles. The summed E-state index contributed by atoms with van der Waals surface area (Å²) >= 11 is 0. The topological polar surface area (TPSA) is 41.1 Å². The second-order valence-electron chi connectivity index (χ2n) is 4.94. The highest BCUT2D eigenvalue weighted by atomic mass is 15.3. The maximum absolute atomic E-state index is 4.50. The van der Waals surface area contributed by atoms with Crippen LogP contribution >= 0.6 is 0 Å². The van der Waals surface area contributed by atoms with Crippen LogP contribution in [0.2, 0.25) is 0 Å². The molecule has 1 aliphatic rings. The molecule has 1 aromatic heterocycles. The molecule has 0 radical (unpaired) electrons. The number of benzene rings is 1. The first-order valence-electron chi connectivity index (χ1n) is 6.69. The Hall–Kier alpha value is -1.94. The summed E-state index contributed by atoms with van der Waals surface area (Å²) in [6, 6.07) is 10.7. The lowest BCUT2D eigenvalue weighted by Crippen LogP contribution is -2.49. The van der Waals surface area contributed by atoms with Gasteiger partial charge in [-0.25, -0.2) is 9.97 Å². The van der Waals surface area contributed by atoms with E-state index in [1.54, 1.807) is 0 Å². The first-order valence-corrected chi connectivity index (χ1v) is 6.69. The lowest BCUT2D eigenvalue weighted by atomic mass is 10.1. The molecule has 0 saturated carbocycles. The molecule has 3 rings (SSSR count). The Morgan fingerprint density at radius 1 is 1.11 bits per heavy atom. The van der Waals surface area contributed by atoms with Crippen LogP contribution in [-0.4, -0.2) is 35.6 Å². The van der Waals surface area contributed by atoms with Gasteiger partial charge in [0.05, 0.1) is 0 Å². The molecule has 4 nitrogen and oxygen atoms in total. The molecule has 1 unspecified atom stereocenters. The minimum Gasteiger partial charge on any atom is -0.338 e. The van der Waals surface area contributed by atoms with Gasteiger partial charge >= 0.3 is 0 Å². The van der Waals surface area contributed by atoms with Crippen LogP contribution in [0.3, 0.4) is 0 Å². The van der Waals surface area contributed by atoms with Gasteiger partial charge in [0.25, 0.3) is 0 Å². The van der Waals surface area contributed by atoms with Crippen molar-refractivity contribution < 1.29 is 0 Å². The van der Waals surface area contributed by atoms with Crippen molar-refractivity contribution in [2.75, 3.05) is 24.5 Å². The smallest absolute Gasteiger partial charge is 0.225 e. The third-order valence-corrected chi connectivity index (χ3v) is 3.40. The summed E-state index contributed by atoms with van der Waals surface area (Å²) in [4.78, 5) is 11.2. The van der Waals surface area contributed by atoms with Crippen molar-refractivity contribution in [1.82, 2.24) is 15.3 Å². The standard InChI is InChI=1S/C15H18N4/c1-12-11-19(8-7-16-12)15-17-9-14(10-18-15)13-5-3-2-4-6-13/h2-6,9-10,12,16H,7-8,11H2,1H3. The highest BCUT2D eigenvalue weighted by Gasteiger charge is 2.17. The number of piperazine rings is 1. The summed E-state index contributed by atoms with van der Waals surface area (Å²) in [7, 11) is 0. The van der Waals surface area contributed by atoms with Crippen molar-refractivity contribution in [2.45, 2.75) is 13.0 Å². The maximum atomic E-state index is 4.50. The maximum Gasteiger partial charge on any atom is 0.225 e. The van der Waals surface area contributed by atoms with E-state index in [2.05, 4.69) is 39.2 Å². The number of aromatic nitrogens is 2. The number of anilines is 1. The molecule has 98 valence electrons. The number of hydrogen-bond acceptors (Lipinski definition) is 4. The minimum atomic E-state index is 0.492. The molecule has 1 saturated heterocycles. The summed E-state index contributed by atoms with van der Waals surface area (Å²) in [6.07, 6.45) is 3.81. The zero-order valence-corrected chi connectivity index (χ0v) is 11.1. The Balaban J connectivity index is 1.79. The van der Waals surface area contributed by atoms with Gasteiger partial charge in [0.1, 0.15) is 0 Å². The Bertz CT molecular complexity index is 524. The van der Waals surface area contributed by atoms with Crippen LogP contribution in [0.1, 0.15) is 6.92 Å². The fraction of sp³-hybridized carbons (Fsp3) is 0.333. The molecule has 0 aliphatic carbocycles. The zero-order valence-electron chi connectivity index (χ0n) is 11.1. The van der Waals surface area contributed by atoms with E-state index in [4.69, 9.17) is 0 Å². The van der Waals surface area contributed by atoms with Gasteiger partial charge in [-0.3, -0.25) is 0 Å².